The van der Waals surface area contributed by atoms with Crippen LogP contribution in [0, 0.1) is 0 Å². The number of fused-ring (bicyclic) bond motifs is 12. The number of hydrogen-bond acceptors (Lipinski definition) is 5. The number of aromatic nitrogens is 3. The summed E-state index contributed by atoms with van der Waals surface area (Å²) in [5, 5.41) is 2.53. The van der Waals surface area contributed by atoms with Crippen molar-refractivity contribution in [3.63, 3.8) is 0 Å². The fourth-order valence-corrected chi connectivity index (χ4v) is 11.6. The standard InChI is InChI=1S/C52H31N3S2/c1-2-14-32(15-3-1)49-53-50(55-51(54-49)35-28-29-40-39-20-6-10-26-45(39)56-47(40)31-35)34-17-12-16-33(30-34)36-21-13-25-44-48(36)57-46-27-11-9-24-43(46)52(44)41-22-7-4-18-37(41)38-19-5-8-23-42(38)52/h1-31H. The number of hydrogen-bond donors (Lipinski definition) is 0. The fraction of sp³-hybridized carbons (Fsp3) is 0.0192. The van der Waals surface area contributed by atoms with Gasteiger partial charge in [-0.05, 0) is 68.8 Å². The van der Waals surface area contributed by atoms with E-state index in [9.17, 15) is 0 Å². The van der Waals surface area contributed by atoms with Crippen molar-refractivity contribution in [2.45, 2.75) is 15.2 Å². The number of nitrogens with zero attached hydrogens (tertiary/aromatic N) is 3. The summed E-state index contributed by atoms with van der Waals surface area (Å²) in [6.45, 7) is 0. The Bertz CT molecular complexity index is 3190. The molecule has 0 saturated carbocycles. The third-order valence-electron chi connectivity index (χ3n) is 11.6. The highest BCUT2D eigenvalue weighted by atomic mass is 32.2. The maximum atomic E-state index is 5.20. The molecule has 0 saturated heterocycles. The van der Waals surface area contributed by atoms with Crippen LogP contribution in [-0.4, -0.2) is 15.0 Å². The average Bonchev–Trinajstić information content (AvgIpc) is 3.80. The highest BCUT2D eigenvalue weighted by Crippen LogP contribution is 2.63. The monoisotopic (exact) mass is 761 g/mol. The molecular weight excluding hydrogens is 731 g/mol. The molecule has 1 spiro atoms. The minimum absolute atomic E-state index is 0.429. The van der Waals surface area contributed by atoms with Crippen LogP contribution in [0.4, 0.5) is 0 Å². The molecule has 5 heteroatoms. The Hall–Kier alpha value is -6.66. The van der Waals surface area contributed by atoms with Crippen molar-refractivity contribution in [1.29, 1.82) is 0 Å². The topological polar surface area (TPSA) is 38.7 Å². The van der Waals surface area contributed by atoms with Crippen LogP contribution in [0.3, 0.4) is 0 Å². The van der Waals surface area contributed by atoms with Crippen molar-refractivity contribution in [3.8, 4) is 56.4 Å². The van der Waals surface area contributed by atoms with E-state index in [1.165, 1.54) is 68.9 Å². The van der Waals surface area contributed by atoms with Gasteiger partial charge in [0, 0.05) is 46.7 Å². The van der Waals surface area contributed by atoms with E-state index in [-0.39, 0.29) is 0 Å². The van der Waals surface area contributed by atoms with Gasteiger partial charge in [0.15, 0.2) is 17.5 Å². The van der Waals surface area contributed by atoms with E-state index in [4.69, 9.17) is 15.0 Å². The summed E-state index contributed by atoms with van der Waals surface area (Å²) in [6.07, 6.45) is 0. The van der Waals surface area contributed by atoms with E-state index >= 15 is 0 Å². The molecule has 10 aromatic rings. The van der Waals surface area contributed by atoms with Crippen LogP contribution < -0.4 is 0 Å². The molecule has 0 N–H and O–H groups in total. The van der Waals surface area contributed by atoms with Gasteiger partial charge in [0.05, 0.1) is 5.41 Å². The molecule has 1 aliphatic carbocycles. The van der Waals surface area contributed by atoms with Gasteiger partial charge in [0.2, 0.25) is 0 Å². The molecule has 1 aliphatic heterocycles. The summed E-state index contributed by atoms with van der Waals surface area (Å²) in [4.78, 5) is 18.0. The largest absolute Gasteiger partial charge is 0.208 e. The summed E-state index contributed by atoms with van der Waals surface area (Å²) in [7, 11) is 0. The van der Waals surface area contributed by atoms with Crippen molar-refractivity contribution in [1.82, 2.24) is 15.0 Å². The second kappa shape index (κ2) is 12.7. The molecule has 0 radical (unpaired) electrons. The predicted molar refractivity (Wildman–Crippen MR) is 236 cm³/mol. The first-order valence-corrected chi connectivity index (χ1v) is 20.8. The first-order valence-electron chi connectivity index (χ1n) is 19.2. The summed E-state index contributed by atoms with van der Waals surface area (Å²) in [5.41, 5.74) is 12.7. The molecule has 0 fully saturated rings. The molecule has 266 valence electrons. The lowest BCUT2D eigenvalue weighted by Gasteiger charge is -2.40. The zero-order valence-corrected chi connectivity index (χ0v) is 32.2. The van der Waals surface area contributed by atoms with E-state index in [2.05, 4.69) is 170 Å². The molecule has 2 aromatic heterocycles. The van der Waals surface area contributed by atoms with Crippen LogP contribution in [-0.2, 0) is 5.41 Å². The Balaban J connectivity index is 1.04. The van der Waals surface area contributed by atoms with Crippen molar-refractivity contribution >= 4 is 43.3 Å². The highest BCUT2D eigenvalue weighted by molar-refractivity contribution is 7.99. The lowest BCUT2D eigenvalue weighted by atomic mass is 9.67. The van der Waals surface area contributed by atoms with Gasteiger partial charge < -0.3 is 0 Å². The maximum absolute atomic E-state index is 5.20. The minimum Gasteiger partial charge on any atom is -0.208 e. The molecule has 3 heterocycles. The first kappa shape index (κ1) is 32.6. The molecule has 12 rings (SSSR count). The first-order chi connectivity index (χ1) is 28.2. The van der Waals surface area contributed by atoms with Crippen LogP contribution in [0.5, 0.6) is 0 Å². The number of thiophene rings is 1. The molecule has 57 heavy (non-hydrogen) atoms. The van der Waals surface area contributed by atoms with Crippen LogP contribution in [0.25, 0.3) is 76.6 Å². The molecule has 0 atom stereocenters. The average molecular weight is 762 g/mol. The summed E-state index contributed by atoms with van der Waals surface area (Å²) < 4.78 is 2.50. The molecule has 0 unspecified atom stereocenters. The highest BCUT2D eigenvalue weighted by Gasteiger charge is 2.50. The lowest BCUT2D eigenvalue weighted by Crippen LogP contribution is -2.32. The smallest absolute Gasteiger partial charge is 0.164 e. The van der Waals surface area contributed by atoms with Gasteiger partial charge in [0.25, 0.3) is 0 Å². The Morgan fingerprint density at radius 2 is 0.895 bits per heavy atom. The van der Waals surface area contributed by atoms with Crippen LogP contribution in [0.1, 0.15) is 22.3 Å². The van der Waals surface area contributed by atoms with Gasteiger partial charge in [0.1, 0.15) is 0 Å². The molecule has 0 amide bonds. The lowest BCUT2D eigenvalue weighted by molar-refractivity contribution is 0.723. The molecule has 0 bridgehead atoms. The zero-order chi connectivity index (χ0) is 37.5. The molecule has 3 nitrogen and oxygen atoms in total. The fourth-order valence-electron chi connectivity index (χ4n) is 9.15. The Kier molecular flexibility index (Phi) is 7.25. The van der Waals surface area contributed by atoms with Crippen molar-refractivity contribution in [2.24, 2.45) is 0 Å². The predicted octanol–water partition coefficient (Wildman–Crippen LogP) is 13.7. The third kappa shape index (κ3) is 4.89. The van der Waals surface area contributed by atoms with Gasteiger partial charge in [-0.1, -0.05) is 176 Å². The summed E-state index contributed by atoms with van der Waals surface area (Å²) in [6, 6.07) is 67.9. The van der Waals surface area contributed by atoms with E-state index in [0.29, 0.717) is 17.5 Å². The van der Waals surface area contributed by atoms with E-state index in [1.807, 2.05) is 30.0 Å². The van der Waals surface area contributed by atoms with Crippen LogP contribution in [0.15, 0.2) is 198 Å². The van der Waals surface area contributed by atoms with Crippen molar-refractivity contribution in [2.75, 3.05) is 0 Å². The van der Waals surface area contributed by atoms with Crippen molar-refractivity contribution < 1.29 is 0 Å². The van der Waals surface area contributed by atoms with Crippen molar-refractivity contribution in [3.05, 3.63) is 210 Å². The van der Waals surface area contributed by atoms with E-state index in [0.717, 1.165) is 22.3 Å². The second-order valence-corrected chi connectivity index (χ2v) is 16.8. The van der Waals surface area contributed by atoms with Gasteiger partial charge in [-0.2, -0.15) is 0 Å². The minimum atomic E-state index is -0.429. The quantitative estimate of drug-likeness (QED) is 0.179. The summed E-state index contributed by atoms with van der Waals surface area (Å²) >= 11 is 3.68. The molecule has 2 aliphatic rings. The molecular formula is C52H31N3S2. The van der Waals surface area contributed by atoms with Gasteiger partial charge in [-0.3, -0.25) is 0 Å². The maximum Gasteiger partial charge on any atom is 0.164 e. The summed E-state index contributed by atoms with van der Waals surface area (Å²) in [5.74, 6) is 1.96. The zero-order valence-electron chi connectivity index (χ0n) is 30.6. The van der Waals surface area contributed by atoms with Gasteiger partial charge in [-0.25, -0.2) is 15.0 Å². The normalized spacial score (nSPS) is 13.3. The third-order valence-corrected chi connectivity index (χ3v) is 14.0. The van der Waals surface area contributed by atoms with Gasteiger partial charge in [-0.15, -0.1) is 11.3 Å². The number of rotatable bonds is 4. The SMILES string of the molecule is c1ccc(-c2nc(-c3cccc(-c4cccc5c4Sc4ccccc4C54c5ccccc5-c5ccccc54)c3)nc(-c3ccc4c(c3)sc3ccccc34)n2)cc1. The Morgan fingerprint density at radius 3 is 1.68 bits per heavy atom. The Labute approximate surface area is 338 Å². The van der Waals surface area contributed by atoms with E-state index in [1.54, 1.807) is 11.3 Å². The van der Waals surface area contributed by atoms with Crippen LogP contribution in [0.2, 0.25) is 0 Å². The number of benzene rings is 8. The Morgan fingerprint density at radius 1 is 0.351 bits per heavy atom. The van der Waals surface area contributed by atoms with Gasteiger partial charge >= 0.3 is 0 Å². The second-order valence-electron chi connectivity index (χ2n) is 14.7. The molecule has 8 aromatic carbocycles. The van der Waals surface area contributed by atoms with Crippen LogP contribution >= 0.6 is 23.1 Å². The van der Waals surface area contributed by atoms with E-state index < -0.39 is 5.41 Å².